The molecular formula is C33H52O4. The van der Waals surface area contributed by atoms with E-state index in [4.69, 9.17) is 4.74 Å². The van der Waals surface area contributed by atoms with Crippen LogP contribution >= 0.6 is 0 Å². The van der Waals surface area contributed by atoms with Crippen molar-refractivity contribution >= 4 is 11.9 Å². The Balaban J connectivity index is 1.57. The number of fused-ring (bicyclic) bond motifs is 7. The van der Waals surface area contributed by atoms with Crippen LogP contribution in [-0.2, 0) is 14.3 Å². The molecule has 4 fully saturated rings. The molecule has 208 valence electrons. The van der Waals surface area contributed by atoms with E-state index in [0.29, 0.717) is 18.3 Å². The molecule has 4 nitrogen and oxygen atoms in total. The average Bonchev–Trinajstić information content (AvgIpc) is 2.77. The van der Waals surface area contributed by atoms with Gasteiger partial charge in [0.15, 0.2) is 0 Å². The van der Waals surface area contributed by atoms with Crippen molar-refractivity contribution in [3.05, 3.63) is 11.6 Å². The van der Waals surface area contributed by atoms with Gasteiger partial charge in [-0.2, -0.15) is 0 Å². The summed E-state index contributed by atoms with van der Waals surface area (Å²) in [4.78, 5) is 25.2. The molecule has 0 radical (unpaired) electrons. The number of hydrogen-bond donors (Lipinski definition) is 1. The molecule has 0 aromatic carbocycles. The van der Waals surface area contributed by atoms with Gasteiger partial charge in [0.1, 0.15) is 6.10 Å². The van der Waals surface area contributed by atoms with E-state index in [2.05, 4.69) is 54.5 Å². The van der Waals surface area contributed by atoms with Gasteiger partial charge in [0.05, 0.1) is 5.41 Å². The maximum atomic E-state index is 12.9. The molecule has 0 bridgehead atoms. The maximum Gasteiger partial charge on any atom is 0.310 e. The summed E-state index contributed by atoms with van der Waals surface area (Å²) in [7, 11) is 0. The summed E-state index contributed by atoms with van der Waals surface area (Å²) >= 11 is 0. The Labute approximate surface area is 225 Å². The summed E-state index contributed by atoms with van der Waals surface area (Å²) in [6, 6.07) is 0. The highest BCUT2D eigenvalue weighted by atomic mass is 16.5. The molecule has 37 heavy (non-hydrogen) atoms. The highest BCUT2D eigenvalue weighted by Crippen LogP contribution is 2.75. The van der Waals surface area contributed by atoms with E-state index in [1.165, 1.54) is 18.4 Å². The van der Waals surface area contributed by atoms with Gasteiger partial charge in [-0.1, -0.05) is 67.0 Å². The van der Waals surface area contributed by atoms with E-state index in [-0.39, 0.29) is 45.1 Å². The minimum absolute atomic E-state index is 0.00519. The summed E-state index contributed by atoms with van der Waals surface area (Å²) in [5.41, 5.74) is 1.48. The summed E-state index contributed by atoms with van der Waals surface area (Å²) in [6.07, 6.45) is 12.9. The predicted octanol–water partition coefficient (Wildman–Crippen LogP) is 8.19. The molecule has 4 heteroatoms. The van der Waals surface area contributed by atoms with E-state index < -0.39 is 11.4 Å². The lowest BCUT2D eigenvalue weighted by Gasteiger charge is -2.71. The predicted molar refractivity (Wildman–Crippen MR) is 147 cm³/mol. The quantitative estimate of drug-likeness (QED) is 0.306. The lowest BCUT2D eigenvalue weighted by Crippen LogP contribution is -2.64. The molecule has 0 amide bonds. The smallest absolute Gasteiger partial charge is 0.310 e. The summed E-state index contributed by atoms with van der Waals surface area (Å²) in [5, 5.41) is 10.6. The first kappa shape index (κ1) is 27.3. The molecule has 8 atom stereocenters. The number of allylic oxidation sites excluding steroid dienone is 2. The number of carbonyl (C=O) groups excluding carboxylic acids is 1. The number of ether oxygens (including phenoxy) is 1. The van der Waals surface area contributed by atoms with Gasteiger partial charge in [0, 0.05) is 6.42 Å². The topological polar surface area (TPSA) is 63.6 Å². The first-order chi connectivity index (χ1) is 17.0. The van der Waals surface area contributed by atoms with E-state index in [9.17, 15) is 14.7 Å². The molecule has 5 aliphatic rings. The van der Waals surface area contributed by atoms with Crippen LogP contribution in [0.5, 0.6) is 0 Å². The Hall–Kier alpha value is -1.32. The van der Waals surface area contributed by atoms with Gasteiger partial charge in [0.2, 0.25) is 0 Å². The molecule has 4 saturated carbocycles. The van der Waals surface area contributed by atoms with Gasteiger partial charge in [-0.3, -0.25) is 9.59 Å². The molecule has 0 saturated heterocycles. The third kappa shape index (κ3) is 3.73. The zero-order chi connectivity index (χ0) is 27.2. The average molecular weight is 513 g/mol. The molecule has 5 aliphatic carbocycles. The van der Waals surface area contributed by atoms with Crippen molar-refractivity contribution in [2.75, 3.05) is 0 Å². The molecule has 0 aromatic heterocycles. The van der Waals surface area contributed by atoms with Crippen LogP contribution in [0.4, 0.5) is 0 Å². The van der Waals surface area contributed by atoms with Crippen LogP contribution in [0.2, 0.25) is 0 Å². The summed E-state index contributed by atoms with van der Waals surface area (Å²) in [6.45, 7) is 19.0. The van der Waals surface area contributed by atoms with Gasteiger partial charge in [-0.15, -0.1) is 0 Å². The molecule has 5 rings (SSSR count). The van der Waals surface area contributed by atoms with E-state index in [1.807, 2.05) is 6.92 Å². The lowest BCUT2D eigenvalue weighted by atomic mass is 9.33. The molecule has 0 heterocycles. The Morgan fingerprint density at radius 1 is 0.919 bits per heavy atom. The van der Waals surface area contributed by atoms with Crippen molar-refractivity contribution in [2.45, 2.75) is 132 Å². The van der Waals surface area contributed by atoms with Crippen molar-refractivity contribution in [1.82, 2.24) is 0 Å². The fourth-order valence-corrected chi connectivity index (χ4v) is 11.2. The number of aliphatic carboxylic acids is 1. The van der Waals surface area contributed by atoms with Gasteiger partial charge in [-0.05, 0) is 109 Å². The van der Waals surface area contributed by atoms with E-state index in [1.54, 1.807) is 0 Å². The largest absolute Gasteiger partial charge is 0.481 e. The number of hydrogen-bond acceptors (Lipinski definition) is 3. The molecule has 0 aliphatic heterocycles. The van der Waals surface area contributed by atoms with Crippen LogP contribution in [0.25, 0.3) is 0 Å². The Morgan fingerprint density at radius 2 is 1.59 bits per heavy atom. The highest BCUT2D eigenvalue weighted by Gasteiger charge is 2.69. The summed E-state index contributed by atoms with van der Waals surface area (Å²) in [5.74, 6) is 0.647. The first-order valence-corrected chi connectivity index (χ1v) is 15.2. The normalized spacial score (nSPS) is 47.8. The second kappa shape index (κ2) is 8.34. The third-order valence-electron chi connectivity index (χ3n) is 13.3. The van der Waals surface area contributed by atoms with Crippen LogP contribution < -0.4 is 0 Å². The van der Waals surface area contributed by atoms with Crippen LogP contribution in [0.1, 0.15) is 126 Å². The zero-order valence-electron chi connectivity index (χ0n) is 24.8. The maximum absolute atomic E-state index is 12.9. The van der Waals surface area contributed by atoms with Crippen LogP contribution in [0.15, 0.2) is 11.6 Å². The lowest BCUT2D eigenvalue weighted by molar-refractivity contribution is -0.207. The van der Waals surface area contributed by atoms with Gasteiger partial charge >= 0.3 is 11.9 Å². The summed E-state index contributed by atoms with van der Waals surface area (Å²) < 4.78 is 6.05. The van der Waals surface area contributed by atoms with Gasteiger partial charge in [0.25, 0.3) is 0 Å². The second-order valence-electron chi connectivity index (χ2n) is 16.0. The number of carbonyl (C=O) groups is 2. The highest BCUT2D eigenvalue weighted by molar-refractivity contribution is 5.76. The number of rotatable bonds is 3. The monoisotopic (exact) mass is 512 g/mol. The van der Waals surface area contributed by atoms with Crippen molar-refractivity contribution in [3.63, 3.8) is 0 Å². The molecular weight excluding hydrogens is 460 g/mol. The fourth-order valence-electron chi connectivity index (χ4n) is 11.2. The van der Waals surface area contributed by atoms with Crippen LogP contribution in [-0.4, -0.2) is 23.1 Å². The van der Waals surface area contributed by atoms with Crippen LogP contribution in [0.3, 0.4) is 0 Å². The fraction of sp³-hybridized carbons (Fsp3) is 0.879. The molecule has 1 N–H and O–H groups in total. The molecule has 0 spiro atoms. The molecule has 0 unspecified atom stereocenters. The van der Waals surface area contributed by atoms with Crippen molar-refractivity contribution in [1.29, 1.82) is 0 Å². The number of carboxylic acids is 1. The minimum atomic E-state index is -0.586. The van der Waals surface area contributed by atoms with Gasteiger partial charge in [-0.25, -0.2) is 0 Å². The van der Waals surface area contributed by atoms with E-state index >= 15 is 0 Å². The van der Waals surface area contributed by atoms with E-state index in [0.717, 1.165) is 51.4 Å². The Morgan fingerprint density at radius 3 is 2.24 bits per heavy atom. The van der Waals surface area contributed by atoms with Crippen molar-refractivity contribution < 1.29 is 19.4 Å². The Bertz CT molecular complexity index is 1010. The van der Waals surface area contributed by atoms with Crippen LogP contribution in [0, 0.1) is 50.2 Å². The van der Waals surface area contributed by atoms with Gasteiger partial charge < -0.3 is 9.84 Å². The SMILES string of the molecule is CCC(=O)O[C@H]1CC(C)(C)[C@@H]2CC[C@]3(C)[C@H](CC=C4[C@@H]5CC(C)(C)CC[C@]5(C(=O)O)CC[C@]43C)[C@@]2(C)C1. The first-order valence-electron chi connectivity index (χ1n) is 15.2. The van der Waals surface area contributed by atoms with Crippen molar-refractivity contribution in [2.24, 2.45) is 50.2 Å². The van der Waals surface area contributed by atoms with Crippen molar-refractivity contribution in [3.8, 4) is 0 Å². The number of carboxylic acid groups (broad SMARTS) is 1. The number of esters is 1. The zero-order valence-corrected chi connectivity index (χ0v) is 24.8. The molecule has 0 aromatic rings. The third-order valence-corrected chi connectivity index (χ3v) is 13.3. The standard InChI is InChI=1S/C33H52O4/c1-9-26(34)37-21-18-29(4,5)24-12-13-32(8)25(30(24,6)19-21)11-10-22-23-20-28(2,3)14-16-33(23,27(35)36)17-15-31(22,32)7/h10,21,23-25H,9,11-20H2,1-8H3,(H,35,36)/t21-,23-,24-,25+,30-,31+,32+,33-/m0/s1. The Kier molecular flexibility index (Phi) is 6.14. The minimum Gasteiger partial charge on any atom is -0.481 e. The second-order valence-corrected chi connectivity index (χ2v) is 16.0.